The fourth-order valence-corrected chi connectivity index (χ4v) is 3.11. The molecular formula is C20H25N3O. The summed E-state index contributed by atoms with van der Waals surface area (Å²) < 4.78 is 0. The molecule has 1 saturated heterocycles. The summed E-state index contributed by atoms with van der Waals surface area (Å²) in [5, 5.41) is 3.19. The van der Waals surface area contributed by atoms with Gasteiger partial charge in [0.15, 0.2) is 0 Å². The van der Waals surface area contributed by atoms with Crippen molar-refractivity contribution in [3.63, 3.8) is 0 Å². The maximum absolute atomic E-state index is 12.5. The number of carbonyl (C=O) groups is 1. The maximum Gasteiger partial charge on any atom is 0.251 e. The van der Waals surface area contributed by atoms with Gasteiger partial charge >= 0.3 is 0 Å². The van der Waals surface area contributed by atoms with Crippen LogP contribution in [0.2, 0.25) is 0 Å². The van der Waals surface area contributed by atoms with Crippen LogP contribution in [0.5, 0.6) is 0 Å². The second kappa shape index (κ2) is 7.39. The van der Waals surface area contributed by atoms with E-state index in [0.29, 0.717) is 0 Å². The highest BCUT2D eigenvalue weighted by Gasteiger charge is 2.21. The highest BCUT2D eigenvalue weighted by Crippen LogP contribution is 2.20. The molecule has 24 heavy (non-hydrogen) atoms. The van der Waals surface area contributed by atoms with Crippen LogP contribution in [0.1, 0.15) is 23.2 Å². The van der Waals surface area contributed by atoms with Gasteiger partial charge in [0.25, 0.3) is 5.91 Å². The van der Waals surface area contributed by atoms with Gasteiger partial charge in [0, 0.05) is 50.2 Å². The second-order valence-corrected chi connectivity index (χ2v) is 6.52. The number of amides is 1. The average molecular weight is 323 g/mol. The van der Waals surface area contributed by atoms with Crippen LogP contribution in [0.15, 0.2) is 54.6 Å². The highest BCUT2D eigenvalue weighted by molar-refractivity contribution is 5.95. The molecule has 1 amide bonds. The predicted molar refractivity (Wildman–Crippen MR) is 99.9 cm³/mol. The molecule has 0 atom stereocenters. The summed E-state index contributed by atoms with van der Waals surface area (Å²) in [6.45, 7) is 1.96. The summed E-state index contributed by atoms with van der Waals surface area (Å²) in [6, 6.07) is 18.5. The van der Waals surface area contributed by atoms with Crippen LogP contribution in [-0.2, 0) is 0 Å². The van der Waals surface area contributed by atoms with Crippen LogP contribution in [0.4, 0.5) is 11.4 Å². The van der Waals surface area contributed by atoms with Gasteiger partial charge in [-0.1, -0.05) is 24.3 Å². The SMILES string of the molecule is CN(C)c1cccc(C(=O)NC2CCN(c3ccccc3)CC2)c1. The summed E-state index contributed by atoms with van der Waals surface area (Å²) in [6.07, 6.45) is 1.96. The molecule has 126 valence electrons. The van der Waals surface area contributed by atoms with E-state index in [2.05, 4.69) is 34.5 Å². The quantitative estimate of drug-likeness (QED) is 0.939. The third-order valence-electron chi connectivity index (χ3n) is 4.58. The molecule has 1 fully saturated rings. The van der Waals surface area contributed by atoms with Crippen LogP contribution < -0.4 is 15.1 Å². The molecular weight excluding hydrogens is 298 g/mol. The normalized spacial score (nSPS) is 15.2. The number of benzene rings is 2. The zero-order valence-electron chi connectivity index (χ0n) is 14.4. The van der Waals surface area contributed by atoms with Gasteiger partial charge in [0.05, 0.1) is 0 Å². The molecule has 1 N–H and O–H groups in total. The molecule has 4 heteroatoms. The third-order valence-corrected chi connectivity index (χ3v) is 4.58. The fourth-order valence-electron chi connectivity index (χ4n) is 3.11. The van der Waals surface area contributed by atoms with Gasteiger partial charge in [-0.25, -0.2) is 0 Å². The van der Waals surface area contributed by atoms with Crippen LogP contribution >= 0.6 is 0 Å². The van der Waals surface area contributed by atoms with Gasteiger partial charge < -0.3 is 15.1 Å². The smallest absolute Gasteiger partial charge is 0.251 e. The van der Waals surface area contributed by atoms with Crippen molar-refractivity contribution >= 4 is 17.3 Å². The molecule has 1 aliphatic heterocycles. The number of piperidine rings is 1. The van der Waals surface area contributed by atoms with Gasteiger partial charge in [0.2, 0.25) is 0 Å². The summed E-state index contributed by atoms with van der Waals surface area (Å²) >= 11 is 0. The molecule has 3 rings (SSSR count). The Morgan fingerprint density at radius 1 is 1.04 bits per heavy atom. The molecule has 0 unspecified atom stereocenters. The number of rotatable bonds is 4. The van der Waals surface area contributed by atoms with Gasteiger partial charge in [-0.2, -0.15) is 0 Å². The van der Waals surface area contributed by atoms with Gasteiger partial charge in [-0.05, 0) is 43.2 Å². The Kier molecular flexibility index (Phi) is 5.04. The Labute approximate surface area is 144 Å². The monoisotopic (exact) mass is 323 g/mol. The zero-order valence-corrected chi connectivity index (χ0v) is 14.4. The number of hydrogen-bond acceptors (Lipinski definition) is 3. The Bertz CT molecular complexity index is 676. The molecule has 0 aliphatic carbocycles. The minimum Gasteiger partial charge on any atom is -0.378 e. The zero-order chi connectivity index (χ0) is 16.9. The first-order chi connectivity index (χ1) is 11.6. The van der Waals surface area contributed by atoms with Crippen molar-refractivity contribution in [1.29, 1.82) is 0 Å². The van der Waals surface area contributed by atoms with Crippen LogP contribution in [0.25, 0.3) is 0 Å². The number of nitrogens with one attached hydrogen (secondary N) is 1. The summed E-state index contributed by atoms with van der Waals surface area (Å²) in [7, 11) is 3.96. The van der Waals surface area contributed by atoms with Crippen LogP contribution in [-0.4, -0.2) is 39.1 Å². The van der Waals surface area contributed by atoms with Crippen LogP contribution in [0.3, 0.4) is 0 Å². The van der Waals surface area contributed by atoms with Crippen molar-refractivity contribution in [3.05, 3.63) is 60.2 Å². The van der Waals surface area contributed by atoms with E-state index in [9.17, 15) is 4.79 Å². The van der Waals surface area contributed by atoms with Crippen molar-refractivity contribution in [2.45, 2.75) is 18.9 Å². The summed E-state index contributed by atoms with van der Waals surface area (Å²) in [5.41, 5.74) is 3.04. The average Bonchev–Trinajstić information content (AvgIpc) is 2.63. The first-order valence-electron chi connectivity index (χ1n) is 8.52. The number of nitrogens with zero attached hydrogens (tertiary/aromatic N) is 2. The molecule has 0 radical (unpaired) electrons. The first kappa shape index (κ1) is 16.4. The number of anilines is 2. The van der Waals surface area contributed by atoms with E-state index in [1.807, 2.05) is 49.3 Å². The van der Waals surface area contributed by atoms with Gasteiger partial charge in [-0.3, -0.25) is 4.79 Å². The van der Waals surface area contributed by atoms with E-state index in [-0.39, 0.29) is 11.9 Å². The molecule has 0 spiro atoms. The lowest BCUT2D eigenvalue weighted by molar-refractivity contribution is 0.0931. The number of carbonyl (C=O) groups excluding carboxylic acids is 1. The second-order valence-electron chi connectivity index (χ2n) is 6.52. The molecule has 4 nitrogen and oxygen atoms in total. The van der Waals surface area contributed by atoms with E-state index in [0.717, 1.165) is 37.2 Å². The lowest BCUT2D eigenvalue weighted by Gasteiger charge is -2.34. The summed E-state index contributed by atoms with van der Waals surface area (Å²) in [5.74, 6) is 0.0249. The Morgan fingerprint density at radius 2 is 1.75 bits per heavy atom. The standard InChI is InChI=1S/C20H25N3O/c1-22(2)19-10-6-7-16(15-19)20(24)21-17-11-13-23(14-12-17)18-8-4-3-5-9-18/h3-10,15,17H,11-14H2,1-2H3,(H,21,24). The van der Waals surface area contributed by atoms with Crippen molar-refractivity contribution in [1.82, 2.24) is 5.32 Å². The van der Waals surface area contributed by atoms with Crippen molar-refractivity contribution in [3.8, 4) is 0 Å². The van der Waals surface area contributed by atoms with E-state index >= 15 is 0 Å². The highest BCUT2D eigenvalue weighted by atomic mass is 16.1. The lowest BCUT2D eigenvalue weighted by atomic mass is 10.0. The maximum atomic E-state index is 12.5. The Balaban J connectivity index is 1.56. The number of hydrogen-bond donors (Lipinski definition) is 1. The minimum atomic E-state index is 0.0249. The van der Waals surface area contributed by atoms with E-state index in [4.69, 9.17) is 0 Å². The number of para-hydroxylation sites is 1. The largest absolute Gasteiger partial charge is 0.378 e. The van der Waals surface area contributed by atoms with Crippen molar-refractivity contribution in [2.75, 3.05) is 37.0 Å². The molecule has 2 aromatic carbocycles. The molecule has 0 bridgehead atoms. The van der Waals surface area contributed by atoms with E-state index in [1.165, 1.54) is 5.69 Å². The van der Waals surface area contributed by atoms with Crippen LogP contribution in [0, 0.1) is 0 Å². The minimum absolute atomic E-state index is 0.0249. The molecule has 1 aliphatic rings. The topological polar surface area (TPSA) is 35.6 Å². The molecule has 2 aromatic rings. The van der Waals surface area contributed by atoms with E-state index in [1.54, 1.807) is 0 Å². The molecule has 0 saturated carbocycles. The third kappa shape index (κ3) is 3.88. The predicted octanol–water partition coefficient (Wildman–Crippen LogP) is 3.15. The fraction of sp³-hybridized carbons (Fsp3) is 0.350. The Morgan fingerprint density at radius 3 is 2.42 bits per heavy atom. The van der Waals surface area contributed by atoms with Crippen molar-refractivity contribution in [2.24, 2.45) is 0 Å². The van der Waals surface area contributed by atoms with Gasteiger partial charge in [0.1, 0.15) is 0 Å². The first-order valence-corrected chi connectivity index (χ1v) is 8.52. The van der Waals surface area contributed by atoms with E-state index < -0.39 is 0 Å². The van der Waals surface area contributed by atoms with Gasteiger partial charge in [-0.15, -0.1) is 0 Å². The molecule has 1 heterocycles. The Hall–Kier alpha value is -2.49. The van der Waals surface area contributed by atoms with Crippen molar-refractivity contribution < 1.29 is 4.79 Å². The summed E-state index contributed by atoms with van der Waals surface area (Å²) in [4.78, 5) is 16.9. The molecule has 0 aromatic heterocycles. The lowest BCUT2D eigenvalue weighted by Crippen LogP contribution is -2.44.